The van der Waals surface area contributed by atoms with E-state index >= 15 is 0 Å². The molecule has 43 heavy (non-hydrogen) atoms. The molecule has 0 atom stereocenters. The third kappa shape index (κ3) is 12.9. The second-order valence-electron chi connectivity index (χ2n) is 14.4. The Bertz CT molecular complexity index is 1320. The second kappa shape index (κ2) is 13.6. The number of hydrogen-bond acceptors (Lipinski definition) is 3. The van der Waals surface area contributed by atoms with E-state index in [1.165, 1.54) is 8.87 Å². The van der Waals surface area contributed by atoms with Gasteiger partial charge in [-0.1, -0.05) is 0 Å². The molecule has 238 valence electrons. The van der Waals surface area contributed by atoms with Gasteiger partial charge in [0, 0.05) is 0 Å². The van der Waals surface area contributed by atoms with Crippen LogP contribution >= 0.6 is 0 Å². The van der Waals surface area contributed by atoms with E-state index < -0.39 is 7.25 Å². The van der Waals surface area contributed by atoms with Crippen molar-refractivity contribution in [3.63, 3.8) is 0 Å². The maximum absolute atomic E-state index is 13.3. The summed E-state index contributed by atoms with van der Waals surface area (Å²) in [6.45, 7) is 27.0. The number of nitrogens with two attached hydrogens (primary N) is 1. The van der Waals surface area contributed by atoms with Crippen LogP contribution in [0.25, 0.3) is 6.08 Å². The molecule has 0 spiro atoms. The van der Waals surface area contributed by atoms with Crippen molar-refractivity contribution < 1.29 is 26.8 Å². The Balaban J connectivity index is 0.00000119. The molecule has 2 N–H and O–H groups in total. The van der Waals surface area contributed by atoms with Gasteiger partial charge >= 0.3 is 258 Å². The SMILES string of the molecule is CC(C)(C)[Se]C1=CC(=CC2=C(N)/C(=C/c3cc(C(C)(C)C)[se+]c(C(C)(C)C)c3)C2=O)C=C([Se]C(C)(C)C)O1.F[B-](F)(F)F. The Morgan fingerprint density at radius 1 is 0.767 bits per heavy atom. The number of rotatable bonds is 4. The van der Waals surface area contributed by atoms with E-state index in [1.54, 1.807) is 0 Å². The molecule has 11 heteroatoms. The van der Waals surface area contributed by atoms with Crippen LogP contribution < -0.4 is 5.73 Å². The molecule has 1 aromatic rings. The molecule has 2 heterocycles. The first kappa shape index (κ1) is 37.8. The van der Waals surface area contributed by atoms with E-state index in [1.807, 2.05) is 12.2 Å². The molecule has 3 nitrogen and oxygen atoms in total. The van der Waals surface area contributed by atoms with Crippen molar-refractivity contribution in [3.05, 3.63) is 76.5 Å². The van der Waals surface area contributed by atoms with Crippen LogP contribution in [0.4, 0.5) is 17.3 Å². The second-order valence-corrected chi connectivity index (χ2v) is 24.4. The Kier molecular flexibility index (Phi) is 11.9. The first-order valence-electron chi connectivity index (χ1n) is 14.0. The molecule has 0 saturated carbocycles. The molecular weight excluding hydrogens is 754 g/mol. The maximum atomic E-state index is 13.3. The summed E-state index contributed by atoms with van der Waals surface area (Å²) >= 11 is 0.669. The zero-order chi connectivity index (χ0) is 33.3. The normalized spacial score (nSPS) is 17.5. The van der Waals surface area contributed by atoms with Crippen LogP contribution in [-0.2, 0) is 20.4 Å². The topological polar surface area (TPSA) is 52.3 Å². The standard InChI is InChI=1S/C32H43NO2Se3.BF4/c1-29(2,3)23-15-19(16-24(36-23)30(4,5)6)13-21-27(33)22(28(21)34)14-20-17-25(37-31(7,8)9)35-26(18-20)38-32(10,11)12;2-1(3,4)5/h13-18H,1-12H3,(H-,33,34);/q;-1/p+1/b21-13-;. The van der Waals surface area contributed by atoms with E-state index in [2.05, 4.69) is 107 Å². The number of carbonyl (C=O) groups is 1. The monoisotopic (exact) mass is 801 g/mol. The summed E-state index contributed by atoms with van der Waals surface area (Å²) < 4.78 is 50.6. The van der Waals surface area contributed by atoms with E-state index in [0.29, 0.717) is 31.3 Å². The van der Waals surface area contributed by atoms with E-state index in [0.717, 1.165) is 20.5 Å². The van der Waals surface area contributed by atoms with Crippen molar-refractivity contribution in [1.82, 2.24) is 0 Å². The van der Waals surface area contributed by atoms with Gasteiger partial charge < -0.3 is 17.3 Å². The largest absolute Gasteiger partial charge is 0.673 e. The molecule has 0 radical (unpaired) electrons. The predicted molar refractivity (Wildman–Crippen MR) is 176 cm³/mol. The van der Waals surface area contributed by atoms with Gasteiger partial charge in [0.1, 0.15) is 0 Å². The van der Waals surface area contributed by atoms with Gasteiger partial charge in [0.05, 0.1) is 0 Å². The average Bonchev–Trinajstić information content (AvgIpc) is 2.76. The Hall–Kier alpha value is -1.34. The molecule has 2 aliphatic rings. The number of allylic oxidation sites excluding steroid dienone is 6. The number of Topliss-reactive ketones (excluding diaryl/α,β-unsaturated/α-hetero) is 1. The van der Waals surface area contributed by atoms with Gasteiger partial charge in [0.2, 0.25) is 0 Å². The van der Waals surface area contributed by atoms with Gasteiger partial charge in [-0.3, -0.25) is 0 Å². The molecule has 3 rings (SSSR count). The van der Waals surface area contributed by atoms with Crippen molar-refractivity contribution in [2.75, 3.05) is 0 Å². The fraction of sp³-hybridized carbons (Fsp3) is 0.500. The average molecular weight is 798 g/mol. The Labute approximate surface area is 273 Å². The zero-order valence-corrected chi connectivity index (χ0v) is 32.3. The summed E-state index contributed by atoms with van der Waals surface area (Å²) in [5.41, 5.74) is 10.6. The molecule has 0 saturated heterocycles. The minimum atomic E-state index is -6.00. The maximum Gasteiger partial charge on any atom is 0.673 e. The molecule has 1 aromatic heterocycles. The molecule has 1 aliphatic carbocycles. The molecule has 0 unspecified atom stereocenters. The summed E-state index contributed by atoms with van der Waals surface area (Å²) in [5.74, 6) is 0.0223. The molecule has 0 aromatic carbocycles. The molecule has 0 amide bonds. The smallest absolute Gasteiger partial charge is 0.418 e. The van der Waals surface area contributed by atoms with Gasteiger partial charge in [-0.25, -0.2) is 0 Å². The summed E-state index contributed by atoms with van der Waals surface area (Å²) in [4.78, 5) is 13.3. The van der Waals surface area contributed by atoms with Gasteiger partial charge in [-0.15, -0.1) is 0 Å². The fourth-order valence-corrected chi connectivity index (χ4v) is 10.5. The van der Waals surface area contributed by atoms with Crippen LogP contribution in [0.15, 0.2) is 62.1 Å². The third-order valence-electron chi connectivity index (χ3n) is 5.57. The summed E-state index contributed by atoms with van der Waals surface area (Å²) in [5, 5.41) is 0. The van der Waals surface area contributed by atoms with Crippen LogP contribution in [-0.4, -0.2) is 57.5 Å². The van der Waals surface area contributed by atoms with E-state index in [9.17, 15) is 22.1 Å². The van der Waals surface area contributed by atoms with Crippen molar-refractivity contribution in [2.24, 2.45) is 5.73 Å². The van der Waals surface area contributed by atoms with Gasteiger partial charge in [0.25, 0.3) is 0 Å². The number of halogens is 4. The number of carbonyl (C=O) groups excluding carboxylic acids is 1. The Morgan fingerprint density at radius 3 is 1.49 bits per heavy atom. The Morgan fingerprint density at radius 2 is 1.16 bits per heavy atom. The van der Waals surface area contributed by atoms with Gasteiger partial charge in [-0.2, -0.15) is 0 Å². The van der Waals surface area contributed by atoms with Crippen LogP contribution in [0.5, 0.6) is 0 Å². The van der Waals surface area contributed by atoms with Crippen LogP contribution in [0.3, 0.4) is 0 Å². The number of ether oxygens (including phenoxy) is 1. The quantitative estimate of drug-likeness (QED) is 0.189. The summed E-state index contributed by atoms with van der Waals surface area (Å²) in [6, 6.07) is 4.54. The summed E-state index contributed by atoms with van der Waals surface area (Å²) in [7, 11) is -6.00. The minimum Gasteiger partial charge on any atom is -0.418 e. The van der Waals surface area contributed by atoms with Crippen molar-refractivity contribution in [1.29, 1.82) is 0 Å². The molecule has 0 bridgehead atoms. The zero-order valence-electron chi connectivity index (χ0n) is 27.2. The molecular formula is C32H44BF4NO2Se3. The fourth-order valence-electron chi connectivity index (χ4n) is 3.70. The van der Waals surface area contributed by atoms with E-state index in [-0.39, 0.29) is 55.2 Å². The number of hydrogen-bond donors (Lipinski definition) is 1. The van der Waals surface area contributed by atoms with Crippen LogP contribution in [0.2, 0.25) is 8.63 Å². The van der Waals surface area contributed by atoms with Gasteiger partial charge in [0.15, 0.2) is 0 Å². The van der Waals surface area contributed by atoms with Crippen molar-refractivity contribution >= 4 is 63.5 Å². The molecule has 0 fully saturated rings. The van der Waals surface area contributed by atoms with E-state index in [4.69, 9.17) is 10.5 Å². The third-order valence-corrected chi connectivity index (χ3v) is 13.8. The van der Waals surface area contributed by atoms with Crippen molar-refractivity contribution in [3.8, 4) is 0 Å². The number of ketones is 1. The minimum absolute atomic E-state index is 0.0223. The first-order valence-corrected chi connectivity index (χ1v) is 19.1. The first-order chi connectivity index (χ1) is 19.1. The summed E-state index contributed by atoms with van der Waals surface area (Å²) in [6.07, 6.45) is 8.13. The molecule has 1 aliphatic heterocycles. The predicted octanol–water partition coefficient (Wildman–Crippen LogP) is 8.58. The van der Waals surface area contributed by atoms with Crippen molar-refractivity contribution in [2.45, 2.75) is 103 Å². The van der Waals surface area contributed by atoms with Crippen LogP contribution in [0.1, 0.15) is 97.5 Å². The van der Waals surface area contributed by atoms with Gasteiger partial charge in [-0.05, 0) is 0 Å². The van der Waals surface area contributed by atoms with Crippen LogP contribution in [0, 0.1) is 0 Å².